The lowest BCUT2D eigenvalue weighted by atomic mass is 9.98. The second-order valence-corrected chi connectivity index (χ2v) is 10.1. The topological polar surface area (TPSA) is 87.7 Å². The van der Waals surface area contributed by atoms with Gasteiger partial charge < -0.3 is 10.1 Å². The van der Waals surface area contributed by atoms with Crippen molar-refractivity contribution in [2.24, 2.45) is 5.92 Å². The van der Waals surface area contributed by atoms with Crippen LogP contribution in [0, 0.1) is 5.92 Å². The molecule has 3 rings (SSSR count). The molecule has 2 aromatic carbocycles. The molecule has 0 bridgehead atoms. The van der Waals surface area contributed by atoms with E-state index in [1.54, 1.807) is 36.4 Å². The highest BCUT2D eigenvalue weighted by atomic mass is 32.2. The predicted molar refractivity (Wildman–Crippen MR) is 127 cm³/mol. The number of anilines is 1. The Balaban J connectivity index is 1.61. The van der Waals surface area contributed by atoms with Crippen LogP contribution >= 0.6 is 0 Å². The third kappa shape index (κ3) is 6.46. The Labute approximate surface area is 191 Å². The van der Waals surface area contributed by atoms with E-state index in [4.69, 9.17) is 4.74 Å². The first kappa shape index (κ1) is 24.1. The number of rotatable bonds is 9. The molecule has 174 valence electrons. The number of nitrogens with zero attached hydrogens (tertiary/aromatic N) is 1. The minimum Gasteiger partial charge on any atom is -0.494 e. The molecule has 1 unspecified atom stereocenters. The number of likely N-dealkylation sites (tertiary alicyclic amines) is 1. The first-order valence-corrected chi connectivity index (χ1v) is 12.6. The zero-order chi connectivity index (χ0) is 23.1. The van der Waals surface area contributed by atoms with Crippen molar-refractivity contribution in [3.05, 3.63) is 54.1 Å². The number of nitrogens with one attached hydrogen (secondary N) is 2. The fourth-order valence-electron chi connectivity index (χ4n) is 3.75. The highest BCUT2D eigenvalue weighted by Crippen LogP contribution is 2.21. The van der Waals surface area contributed by atoms with Gasteiger partial charge in [0.1, 0.15) is 5.75 Å². The lowest BCUT2D eigenvalue weighted by Gasteiger charge is -2.35. The monoisotopic (exact) mass is 459 g/mol. The molecule has 1 saturated heterocycles. The van der Waals surface area contributed by atoms with Gasteiger partial charge in [-0.15, -0.1) is 0 Å². The number of amides is 1. The van der Waals surface area contributed by atoms with Crippen molar-refractivity contribution in [1.82, 2.24) is 10.2 Å². The van der Waals surface area contributed by atoms with Gasteiger partial charge in [0, 0.05) is 23.8 Å². The number of carbonyl (C=O) groups is 1. The van der Waals surface area contributed by atoms with Crippen molar-refractivity contribution in [2.45, 2.75) is 44.6 Å². The van der Waals surface area contributed by atoms with Crippen LogP contribution in [0.5, 0.6) is 5.75 Å². The Kier molecular flexibility index (Phi) is 8.15. The van der Waals surface area contributed by atoms with E-state index in [1.165, 1.54) is 25.0 Å². The zero-order valence-corrected chi connectivity index (χ0v) is 19.8. The lowest BCUT2D eigenvalue weighted by molar-refractivity contribution is 0.0921. The Morgan fingerprint density at radius 1 is 1.16 bits per heavy atom. The standard InChI is InChI=1S/C24H33N3O4S/c1-4-31-22-10-8-21(9-11-22)26-32(29,30)23-7-5-6-20(16-23)24(28)25-17-19(3)27-14-12-18(2)13-15-27/h5-11,16,18-19,26H,4,12-15,17H2,1-3H3,(H,25,28). The zero-order valence-electron chi connectivity index (χ0n) is 19.0. The molecule has 0 aromatic heterocycles. The minimum atomic E-state index is -3.83. The number of ether oxygens (including phenoxy) is 1. The van der Waals surface area contributed by atoms with Gasteiger partial charge in [-0.25, -0.2) is 8.42 Å². The molecule has 32 heavy (non-hydrogen) atoms. The van der Waals surface area contributed by atoms with E-state index < -0.39 is 10.0 Å². The first-order valence-electron chi connectivity index (χ1n) is 11.2. The maximum Gasteiger partial charge on any atom is 0.261 e. The summed E-state index contributed by atoms with van der Waals surface area (Å²) in [7, 11) is -3.83. The van der Waals surface area contributed by atoms with Gasteiger partial charge in [0.15, 0.2) is 0 Å². The predicted octanol–water partition coefficient (Wildman–Crippen LogP) is 3.74. The van der Waals surface area contributed by atoms with Crippen molar-refractivity contribution in [2.75, 3.05) is 31.0 Å². The fourth-order valence-corrected chi connectivity index (χ4v) is 4.85. The molecule has 2 aromatic rings. The number of hydrogen-bond donors (Lipinski definition) is 2. The highest BCUT2D eigenvalue weighted by molar-refractivity contribution is 7.92. The molecule has 7 nitrogen and oxygen atoms in total. The van der Waals surface area contributed by atoms with Crippen LogP contribution in [0.15, 0.2) is 53.4 Å². The van der Waals surface area contributed by atoms with Crippen molar-refractivity contribution in [3.63, 3.8) is 0 Å². The van der Waals surface area contributed by atoms with E-state index in [2.05, 4.69) is 28.8 Å². The van der Waals surface area contributed by atoms with Crippen LogP contribution in [0.1, 0.15) is 44.0 Å². The molecule has 0 radical (unpaired) electrons. The van der Waals surface area contributed by atoms with Gasteiger partial charge in [-0.05, 0) is 88.2 Å². The maximum absolute atomic E-state index is 12.8. The summed E-state index contributed by atoms with van der Waals surface area (Å²) in [6.45, 7) is 9.42. The van der Waals surface area contributed by atoms with E-state index in [1.807, 2.05) is 6.92 Å². The van der Waals surface area contributed by atoms with E-state index >= 15 is 0 Å². The summed E-state index contributed by atoms with van der Waals surface area (Å²) >= 11 is 0. The maximum atomic E-state index is 12.8. The van der Waals surface area contributed by atoms with Crippen LogP contribution < -0.4 is 14.8 Å². The Morgan fingerprint density at radius 2 is 1.84 bits per heavy atom. The molecule has 1 atom stereocenters. The first-order chi connectivity index (χ1) is 15.3. The molecule has 1 fully saturated rings. The van der Waals surface area contributed by atoms with E-state index in [0.717, 1.165) is 19.0 Å². The number of hydrogen-bond acceptors (Lipinski definition) is 5. The summed E-state index contributed by atoms with van der Waals surface area (Å²) < 4.78 is 33.5. The smallest absolute Gasteiger partial charge is 0.261 e. The van der Waals surface area contributed by atoms with Crippen molar-refractivity contribution in [1.29, 1.82) is 0 Å². The summed E-state index contributed by atoms with van der Waals surface area (Å²) in [4.78, 5) is 15.1. The minimum absolute atomic E-state index is 0.0390. The van der Waals surface area contributed by atoms with Gasteiger partial charge in [0.05, 0.1) is 11.5 Å². The second-order valence-electron chi connectivity index (χ2n) is 8.37. The number of piperidine rings is 1. The largest absolute Gasteiger partial charge is 0.494 e. The molecule has 8 heteroatoms. The molecule has 1 aliphatic heterocycles. The molecular weight excluding hydrogens is 426 g/mol. The summed E-state index contributed by atoms with van der Waals surface area (Å²) in [6.07, 6.45) is 2.36. The van der Waals surface area contributed by atoms with Crippen molar-refractivity contribution in [3.8, 4) is 5.75 Å². The molecule has 0 saturated carbocycles. The quantitative estimate of drug-likeness (QED) is 0.597. The molecule has 2 N–H and O–H groups in total. The van der Waals surface area contributed by atoms with Crippen LogP contribution in [-0.2, 0) is 10.0 Å². The average Bonchev–Trinajstić information content (AvgIpc) is 2.79. The normalized spacial score (nSPS) is 16.3. The van der Waals surface area contributed by atoms with Gasteiger partial charge >= 0.3 is 0 Å². The SMILES string of the molecule is CCOc1ccc(NS(=O)(=O)c2cccc(C(=O)NCC(C)N3CCC(C)CC3)c2)cc1. The Hall–Kier alpha value is -2.58. The second kappa shape index (κ2) is 10.8. The van der Waals surface area contributed by atoms with Gasteiger partial charge in [0.25, 0.3) is 15.9 Å². The van der Waals surface area contributed by atoms with Gasteiger partial charge in [-0.2, -0.15) is 0 Å². The van der Waals surface area contributed by atoms with Crippen LogP contribution in [-0.4, -0.2) is 51.5 Å². The van der Waals surface area contributed by atoms with Crippen LogP contribution in [0.4, 0.5) is 5.69 Å². The molecule has 0 aliphatic carbocycles. The Morgan fingerprint density at radius 3 is 2.50 bits per heavy atom. The van der Waals surface area contributed by atoms with Gasteiger partial charge in [-0.3, -0.25) is 14.4 Å². The molecule has 0 spiro atoms. The number of benzene rings is 2. The molecule has 1 heterocycles. The summed E-state index contributed by atoms with van der Waals surface area (Å²) in [6, 6.07) is 13.0. The highest BCUT2D eigenvalue weighted by Gasteiger charge is 2.21. The van der Waals surface area contributed by atoms with Crippen LogP contribution in [0.3, 0.4) is 0 Å². The average molecular weight is 460 g/mol. The van der Waals surface area contributed by atoms with Crippen molar-refractivity contribution < 1.29 is 17.9 Å². The number of sulfonamides is 1. The molecular formula is C24H33N3O4S. The molecule has 1 aliphatic rings. The molecule has 1 amide bonds. The van der Waals surface area contributed by atoms with Gasteiger partial charge in [-0.1, -0.05) is 13.0 Å². The third-order valence-electron chi connectivity index (χ3n) is 5.82. The summed E-state index contributed by atoms with van der Waals surface area (Å²) in [5, 5.41) is 2.94. The van der Waals surface area contributed by atoms with E-state index in [-0.39, 0.29) is 16.8 Å². The summed E-state index contributed by atoms with van der Waals surface area (Å²) in [5.74, 6) is 1.15. The van der Waals surface area contributed by atoms with Crippen LogP contribution in [0.2, 0.25) is 0 Å². The van der Waals surface area contributed by atoms with Gasteiger partial charge in [0.2, 0.25) is 0 Å². The Bertz CT molecular complexity index is 1000. The third-order valence-corrected chi connectivity index (χ3v) is 7.20. The van der Waals surface area contributed by atoms with Crippen molar-refractivity contribution >= 4 is 21.6 Å². The van der Waals surface area contributed by atoms with E-state index in [0.29, 0.717) is 30.2 Å². The number of carbonyl (C=O) groups excluding carboxylic acids is 1. The van der Waals surface area contributed by atoms with Crippen LogP contribution in [0.25, 0.3) is 0 Å². The fraction of sp³-hybridized carbons (Fsp3) is 0.458. The lowest BCUT2D eigenvalue weighted by Crippen LogP contribution is -2.45. The van der Waals surface area contributed by atoms with E-state index in [9.17, 15) is 13.2 Å². The summed E-state index contributed by atoms with van der Waals surface area (Å²) in [5.41, 5.74) is 0.743.